The molecule has 0 radical (unpaired) electrons. The van der Waals surface area contributed by atoms with E-state index in [4.69, 9.17) is 16.3 Å². The largest absolute Gasteiger partial charge is 0.445 e. The highest BCUT2D eigenvalue weighted by atomic mass is 35.5. The topological polar surface area (TPSA) is 54.1 Å². The molecule has 0 unspecified atom stereocenters. The molecule has 2 aromatic carbocycles. The summed E-state index contributed by atoms with van der Waals surface area (Å²) in [4.78, 5) is 14.7. The van der Waals surface area contributed by atoms with Crippen LogP contribution in [0.1, 0.15) is 11.1 Å². The molecule has 2 N–H and O–H groups in total. The Balaban J connectivity index is 1.51. The van der Waals surface area contributed by atoms with Crippen LogP contribution in [0, 0.1) is 11.8 Å². The van der Waals surface area contributed by atoms with Crippen molar-refractivity contribution in [1.82, 2.24) is 10.3 Å². The number of nitrogens with one attached hydrogen (secondary N) is 2. The standard InChI is InChI=1S/C19H15ClN2O2/c20-17-12-18-16(8-10-21-18)11-15(17)7-4-9-22-19(23)24-13-14-5-2-1-3-6-14/h1-3,5-6,8,10-12,21H,9,13H2,(H,22,23). The zero-order chi connectivity index (χ0) is 16.8. The predicted molar refractivity (Wildman–Crippen MR) is 94.8 cm³/mol. The van der Waals surface area contributed by atoms with Crippen molar-refractivity contribution in [3.63, 3.8) is 0 Å². The molecule has 1 heterocycles. The maximum atomic E-state index is 11.6. The Morgan fingerprint density at radius 1 is 1.21 bits per heavy atom. The minimum atomic E-state index is -0.500. The zero-order valence-corrected chi connectivity index (χ0v) is 13.6. The number of ether oxygens (including phenoxy) is 1. The van der Waals surface area contributed by atoms with Gasteiger partial charge in [0, 0.05) is 22.7 Å². The van der Waals surface area contributed by atoms with Crippen molar-refractivity contribution in [1.29, 1.82) is 0 Å². The second-order valence-electron chi connectivity index (χ2n) is 5.11. The van der Waals surface area contributed by atoms with Gasteiger partial charge in [0.25, 0.3) is 0 Å². The lowest BCUT2D eigenvalue weighted by atomic mass is 10.1. The third kappa shape index (κ3) is 4.09. The molecule has 5 heteroatoms. The summed E-state index contributed by atoms with van der Waals surface area (Å²) in [6, 6.07) is 15.2. The highest BCUT2D eigenvalue weighted by molar-refractivity contribution is 6.32. The van der Waals surface area contributed by atoms with Crippen LogP contribution in [0.15, 0.2) is 54.7 Å². The Morgan fingerprint density at radius 3 is 2.88 bits per heavy atom. The number of benzene rings is 2. The van der Waals surface area contributed by atoms with Gasteiger partial charge in [0.1, 0.15) is 6.61 Å². The van der Waals surface area contributed by atoms with E-state index >= 15 is 0 Å². The summed E-state index contributed by atoms with van der Waals surface area (Å²) in [5.74, 6) is 5.83. The molecule has 3 rings (SSSR count). The Kier molecular flexibility index (Phi) is 5.05. The molecule has 0 saturated heterocycles. The third-order valence-electron chi connectivity index (χ3n) is 3.40. The SMILES string of the molecule is O=C(NCC#Cc1cc2cc[nH]c2cc1Cl)OCc1ccccc1. The van der Waals surface area contributed by atoms with Crippen molar-refractivity contribution in [2.75, 3.05) is 6.54 Å². The summed E-state index contributed by atoms with van der Waals surface area (Å²) in [5.41, 5.74) is 2.63. The van der Waals surface area contributed by atoms with Crippen molar-refractivity contribution in [2.24, 2.45) is 0 Å². The Hall–Kier alpha value is -2.90. The molecule has 0 aliphatic rings. The lowest BCUT2D eigenvalue weighted by molar-refractivity contribution is 0.141. The van der Waals surface area contributed by atoms with Gasteiger partial charge in [-0.1, -0.05) is 53.8 Å². The zero-order valence-electron chi connectivity index (χ0n) is 12.8. The van der Waals surface area contributed by atoms with E-state index in [1.165, 1.54) is 0 Å². The molecule has 3 aromatic rings. The fourth-order valence-corrected chi connectivity index (χ4v) is 2.41. The minimum Gasteiger partial charge on any atom is -0.445 e. The maximum absolute atomic E-state index is 11.6. The molecule has 0 spiro atoms. The lowest BCUT2D eigenvalue weighted by Gasteiger charge is -2.04. The predicted octanol–water partition coefficient (Wildman–Crippen LogP) is 4.10. The van der Waals surface area contributed by atoms with Crippen LogP contribution in [-0.2, 0) is 11.3 Å². The van der Waals surface area contributed by atoms with Crippen molar-refractivity contribution in [2.45, 2.75) is 6.61 Å². The van der Waals surface area contributed by atoms with E-state index in [0.29, 0.717) is 5.02 Å². The quantitative estimate of drug-likeness (QED) is 0.706. The van der Waals surface area contributed by atoms with Crippen molar-refractivity contribution < 1.29 is 9.53 Å². The first-order valence-corrected chi connectivity index (χ1v) is 7.80. The van der Waals surface area contributed by atoms with Gasteiger partial charge in [0.2, 0.25) is 0 Å². The van der Waals surface area contributed by atoms with E-state index in [9.17, 15) is 4.79 Å². The first-order valence-electron chi connectivity index (χ1n) is 7.42. The summed E-state index contributed by atoms with van der Waals surface area (Å²) in [7, 11) is 0. The summed E-state index contributed by atoms with van der Waals surface area (Å²) >= 11 is 6.18. The van der Waals surface area contributed by atoms with Crippen LogP contribution < -0.4 is 5.32 Å². The molecule has 1 aromatic heterocycles. The van der Waals surface area contributed by atoms with Gasteiger partial charge in [-0.05, 0) is 23.8 Å². The van der Waals surface area contributed by atoms with Crippen molar-refractivity contribution in [3.05, 3.63) is 70.9 Å². The molecule has 0 aliphatic heterocycles. The molecule has 0 saturated carbocycles. The summed E-state index contributed by atoms with van der Waals surface area (Å²) in [6.45, 7) is 0.422. The van der Waals surface area contributed by atoms with E-state index < -0.39 is 6.09 Å². The first kappa shape index (κ1) is 16.0. The third-order valence-corrected chi connectivity index (χ3v) is 3.71. The number of carbonyl (C=O) groups is 1. The molecule has 0 atom stereocenters. The van der Waals surface area contributed by atoms with Gasteiger partial charge in [-0.2, -0.15) is 0 Å². The number of carbonyl (C=O) groups excluding carboxylic acids is 1. The fourth-order valence-electron chi connectivity index (χ4n) is 2.20. The van der Waals surface area contributed by atoms with E-state index in [0.717, 1.165) is 22.0 Å². The van der Waals surface area contributed by atoms with Gasteiger partial charge in [0.15, 0.2) is 0 Å². The second-order valence-corrected chi connectivity index (χ2v) is 5.52. The smallest absolute Gasteiger partial charge is 0.408 e. The molecule has 0 aliphatic carbocycles. The monoisotopic (exact) mass is 338 g/mol. The minimum absolute atomic E-state index is 0.190. The summed E-state index contributed by atoms with van der Waals surface area (Å²) in [5, 5.41) is 4.20. The summed E-state index contributed by atoms with van der Waals surface area (Å²) in [6.07, 6.45) is 1.35. The number of H-pyrrole nitrogens is 1. The van der Waals surface area contributed by atoms with Crippen LogP contribution in [0.3, 0.4) is 0 Å². The highest BCUT2D eigenvalue weighted by Gasteiger charge is 2.02. The highest BCUT2D eigenvalue weighted by Crippen LogP contribution is 2.22. The normalized spacial score (nSPS) is 10.0. The van der Waals surface area contributed by atoms with Gasteiger partial charge in [0.05, 0.1) is 11.6 Å². The van der Waals surface area contributed by atoms with E-state index in [1.807, 2.05) is 54.7 Å². The number of aromatic amines is 1. The van der Waals surface area contributed by atoms with Crippen LogP contribution in [-0.4, -0.2) is 17.6 Å². The first-order chi connectivity index (χ1) is 11.7. The molecule has 1 amide bonds. The van der Waals surface area contributed by atoms with Gasteiger partial charge in [-0.15, -0.1) is 0 Å². The van der Waals surface area contributed by atoms with Gasteiger partial charge < -0.3 is 15.0 Å². The van der Waals surface area contributed by atoms with Crippen LogP contribution in [0.4, 0.5) is 4.79 Å². The molecule has 0 fully saturated rings. The second kappa shape index (κ2) is 7.58. The van der Waals surface area contributed by atoms with Crippen LogP contribution in [0.25, 0.3) is 10.9 Å². The van der Waals surface area contributed by atoms with Crippen LogP contribution in [0.2, 0.25) is 5.02 Å². The van der Waals surface area contributed by atoms with Crippen molar-refractivity contribution >= 4 is 28.6 Å². The number of hydrogen-bond acceptors (Lipinski definition) is 2. The molecule has 4 nitrogen and oxygen atoms in total. The van der Waals surface area contributed by atoms with E-state index in [2.05, 4.69) is 22.1 Å². The Bertz CT molecular complexity index is 907. The number of fused-ring (bicyclic) bond motifs is 1. The van der Waals surface area contributed by atoms with Gasteiger partial charge in [-0.25, -0.2) is 4.79 Å². The number of halogens is 1. The average molecular weight is 339 g/mol. The molecular formula is C19H15ClN2O2. The Morgan fingerprint density at radius 2 is 2.04 bits per heavy atom. The maximum Gasteiger partial charge on any atom is 0.408 e. The number of aromatic nitrogens is 1. The van der Waals surface area contributed by atoms with E-state index in [1.54, 1.807) is 0 Å². The van der Waals surface area contributed by atoms with Crippen LogP contribution >= 0.6 is 11.6 Å². The van der Waals surface area contributed by atoms with Gasteiger partial charge in [-0.3, -0.25) is 0 Å². The van der Waals surface area contributed by atoms with Crippen molar-refractivity contribution in [3.8, 4) is 11.8 Å². The number of hydrogen-bond donors (Lipinski definition) is 2. The van der Waals surface area contributed by atoms with E-state index in [-0.39, 0.29) is 13.2 Å². The number of amides is 1. The molecule has 0 bridgehead atoms. The Labute approximate surface area is 144 Å². The summed E-state index contributed by atoms with van der Waals surface area (Å²) < 4.78 is 5.10. The molecular weight excluding hydrogens is 324 g/mol. The average Bonchev–Trinajstić information content (AvgIpc) is 3.05. The number of alkyl carbamates (subject to hydrolysis) is 1. The van der Waals surface area contributed by atoms with Crippen LogP contribution in [0.5, 0.6) is 0 Å². The number of rotatable bonds is 3. The molecule has 24 heavy (non-hydrogen) atoms. The fraction of sp³-hybridized carbons (Fsp3) is 0.105. The lowest BCUT2D eigenvalue weighted by Crippen LogP contribution is -2.24. The van der Waals surface area contributed by atoms with Gasteiger partial charge >= 0.3 is 6.09 Å². The molecule has 120 valence electrons.